The van der Waals surface area contributed by atoms with Gasteiger partial charge in [-0.2, -0.15) is 5.10 Å². The molecule has 3 nitrogen and oxygen atoms in total. The van der Waals surface area contributed by atoms with Crippen LogP contribution in [-0.4, -0.2) is 16.8 Å². The SMILES string of the molecule is CCCn1nccc1C(NC)c1ccc(C)c(Cl)c1. The van der Waals surface area contributed by atoms with Gasteiger partial charge in [0.1, 0.15) is 0 Å². The predicted molar refractivity (Wildman–Crippen MR) is 79.6 cm³/mol. The molecule has 1 aromatic carbocycles. The highest BCUT2D eigenvalue weighted by atomic mass is 35.5. The fourth-order valence-electron chi connectivity index (χ4n) is 2.26. The van der Waals surface area contributed by atoms with Gasteiger partial charge in [-0.15, -0.1) is 0 Å². The fourth-order valence-corrected chi connectivity index (χ4v) is 2.45. The summed E-state index contributed by atoms with van der Waals surface area (Å²) in [5.74, 6) is 0. The van der Waals surface area contributed by atoms with Crippen LogP contribution in [-0.2, 0) is 6.54 Å². The highest BCUT2D eigenvalue weighted by Gasteiger charge is 2.16. The van der Waals surface area contributed by atoms with Gasteiger partial charge >= 0.3 is 0 Å². The first-order valence-electron chi connectivity index (χ1n) is 6.62. The molecule has 0 spiro atoms. The van der Waals surface area contributed by atoms with Gasteiger partial charge in [-0.05, 0) is 43.7 Å². The van der Waals surface area contributed by atoms with Crippen LogP contribution in [0.5, 0.6) is 0 Å². The number of aryl methyl sites for hydroxylation is 2. The molecule has 0 aliphatic heterocycles. The highest BCUT2D eigenvalue weighted by molar-refractivity contribution is 6.31. The Morgan fingerprint density at radius 1 is 1.37 bits per heavy atom. The third-order valence-electron chi connectivity index (χ3n) is 3.30. The number of hydrogen-bond acceptors (Lipinski definition) is 2. The third kappa shape index (κ3) is 2.99. The van der Waals surface area contributed by atoms with Crippen molar-refractivity contribution in [3.05, 3.63) is 52.3 Å². The zero-order chi connectivity index (χ0) is 13.8. The molecule has 1 N–H and O–H groups in total. The lowest BCUT2D eigenvalue weighted by Gasteiger charge is -2.19. The molecule has 1 atom stereocenters. The van der Waals surface area contributed by atoms with E-state index < -0.39 is 0 Å². The number of aromatic nitrogens is 2. The van der Waals surface area contributed by atoms with Crippen LogP contribution in [0.3, 0.4) is 0 Å². The maximum absolute atomic E-state index is 6.23. The lowest BCUT2D eigenvalue weighted by molar-refractivity contribution is 0.534. The van der Waals surface area contributed by atoms with E-state index in [1.165, 1.54) is 5.69 Å². The summed E-state index contributed by atoms with van der Waals surface area (Å²) in [6, 6.07) is 8.38. The van der Waals surface area contributed by atoms with Crippen LogP contribution in [0, 0.1) is 6.92 Å². The third-order valence-corrected chi connectivity index (χ3v) is 3.71. The molecule has 0 aliphatic carbocycles. The first-order chi connectivity index (χ1) is 9.17. The molecule has 1 aromatic heterocycles. The highest BCUT2D eigenvalue weighted by Crippen LogP contribution is 2.26. The van der Waals surface area contributed by atoms with Gasteiger partial charge in [0.2, 0.25) is 0 Å². The average Bonchev–Trinajstić information content (AvgIpc) is 2.83. The van der Waals surface area contributed by atoms with Crippen molar-refractivity contribution in [3.63, 3.8) is 0 Å². The summed E-state index contributed by atoms with van der Waals surface area (Å²) in [5.41, 5.74) is 3.43. The van der Waals surface area contributed by atoms with E-state index in [0.29, 0.717) is 0 Å². The van der Waals surface area contributed by atoms with Crippen LogP contribution in [0.2, 0.25) is 5.02 Å². The summed E-state index contributed by atoms with van der Waals surface area (Å²) in [7, 11) is 1.96. The summed E-state index contributed by atoms with van der Waals surface area (Å²) in [4.78, 5) is 0. The second kappa shape index (κ2) is 6.22. The first-order valence-corrected chi connectivity index (χ1v) is 7.00. The van der Waals surface area contributed by atoms with Gasteiger partial charge in [-0.25, -0.2) is 0 Å². The Balaban J connectivity index is 2.38. The molecule has 102 valence electrons. The molecule has 0 fully saturated rings. The largest absolute Gasteiger partial charge is 0.308 e. The predicted octanol–water partition coefficient (Wildman–Crippen LogP) is 3.56. The van der Waals surface area contributed by atoms with Gasteiger partial charge in [-0.3, -0.25) is 4.68 Å². The lowest BCUT2D eigenvalue weighted by atomic mass is 10.0. The minimum absolute atomic E-state index is 0.118. The van der Waals surface area contributed by atoms with Crippen molar-refractivity contribution in [3.8, 4) is 0 Å². The van der Waals surface area contributed by atoms with Crippen molar-refractivity contribution in [1.82, 2.24) is 15.1 Å². The van der Waals surface area contributed by atoms with Crippen molar-refractivity contribution in [2.24, 2.45) is 0 Å². The number of hydrogen-bond donors (Lipinski definition) is 1. The van der Waals surface area contributed by atoms with Crippen LogP contribution in [0.1, 0.15) is 36.2 Å². The number of nitrogens with zero attached hydrogens (tertiary/aromatic N) is 2. The molecule has 4 heteroatoms. The van der Waals surface area contributed by atoms with Crippen molar-refractivity contribution < 1.29 is 0 Å². The maximum atomic E-state index is 6.23. The number of nitrogens with one attached hydrogen (secondary N) is 1. The van der Waals surface area contributed by atoms with Crippen molar-refractivity contribution in [2.45, 2.75) is 32.9 Å². The van der Waals surface area contributed by atoms with Crippen molar-refractivity contribution in [2.75, 3.05) is 7.05 Å². The standard InChI is InChI=1S/C15H20ClN3/c1-4-9-19-14(7-8-18-19)15(17-3)12-6-5-11(2)13(16)10-12/h5-8,10,15,17H,4,9H2,1-3H3. The minimum Gasteiger partial charge on any atom is -0.308 e. The van der Waals surface area contributed by atoms with Gasteiger partial charge in [0.25, 0.3) is 0 Å². The molecule has 0 amide bonds. The summed E-state index contributed by atoms with van der Waals surface area (Å²) in [5, 5.41) is 8.54. The Morgan fingerprint density at radius 2 is 2.16 bits per heavy atom. The zero-order valence-electron chi connectivity index (χ0n) is 11.7. The smallest absolute Gasteiger partial charge is 0.0746 e. The van der Waals surface area contributed by atoms with E-state index in [1.54, 1.807) is 0 Å². The molecule has 0 saturated carbocycles. The Kier molecular flexibility index (Phi) is 4.61. The zero-order valence-corrected chi connectivity index (χ0v) is 12.4. The molecule has 2 rings (SSSR count). The van der Waals surface area contributed by atoms with E-state index in [4.69, 9.17) is 11.6 Å². The first kappa shape index (κ1) is 14.1. The molecule has 0 radical (unpaired) electrons. The van der Waals surface area contributed by atoms with Crippen LogP contribution in [0.4, 0.5) is 0 Å². The monoisotopic (exact) mass is 277 g/mol. The maximum Gasteiger partial charge on any atom is 0.0746 e. The van der Waals surface area contributed by atoms with E-state index in [2.05, 4.69) is 40.2 Å². The number of halogens is 1. The van der Waals surface area contributed by atoms with Crippen LogP contribution >= 0.6 is 11.6 Å². The van der Waals surface area contributed by atoms with Gasteiger partial charge in [0, 0.05) is 17.8 Å². The van der Waals surface area contributed by atoms with Crippen molar-refractivity contribution in [1.29, 1.82) is 0 Å². The Labute approximate surface area is 119 Å². The van der Waals surface area contributed by atoms with E-state index in [0.717, 1.165) is 29.1 Å². The van der Waals surface area contributed by atoms with Crippen LogP contribution in [0.15, 0.2) is 30.5 Å². The fraction of sp³-hybridized carbons (Fsp3) is 0.400. The van der Waals surface area contributed by atoms with E-state index in [9.17, 15) is 0 Å². The quantitative estimate of drug-likeness (QED) is 0.906. The Hall–Kier alpha value is -1.32. The van der Waals surface area contributed by atoms with Gasteiger partial charge in [0.15, 0.2) is 0 Å². The van der Waals surface area contributed by atoms with E-state index in [1.807, 2.05) is 26.2 Å². The Morgan fingerprint density at radius 3 is 2.79 bits per heavy atom. The molecule has 0 saturated heterocycles. The van der Waals surface area contributed by atoms with Crippen LogP contribution < -0.4 is 5.32 Å². The molecular formula is C15H20ClN3. The lowest BCUT2D eigenvalue weighted by Crippen LogP contribution is -2.21. The number of rotatable bonds is 5. The summed E-state index contributed by atoms with van der Waals surface area (Å²) >= 11 is 6.23. The second-order valence-corrected chi connectivity index (χ2v) is 5.12. The second-order valence-electron chi connectivity index (χ2n) is 4.71. The molecule has 0 aliphatic rings. The molecule has 1 heterocycles. The number of benzene rings is 1. The molecule has 19 heavy (non-hydrogen) atoms. The van der Waals surface area contributed by atoms with Gasteiger partial charge < -0.3 is 5.32 Å². The summed E-state index contributed by atoms with van der Waals surface area (Å²) in [6.07, 6.45) is 2.92. The van der Waals surface area contributed by atoms with Gasteiger partial charge in [-0.1, -0.05) is 30.7 Å². The van der Waals surface area contributed by atoms with Crippen LogP contribution in [0.25, 0.3) is 0 Å². The Bertz CT molecular complexity index is 548. The summed E-state index contributed by atoms with van der Waals surface area (Å²) in [6.45, 7) is 5.10. The normalized spacial score (nSPS) is 12.6. The minimum atomic E-state index is 0.118. The van der Waals surface area contributed by atoms with Gasteiger partial charge in [0.05, 0.1) is 11.7 Å². The molecule has 1 unspecified atom stereocenters. The molecule has 0 bridgehead atoms. The van der Waals surface area contributed by atoms with E-state index >= 15 is 0 Å². The van der Waals surface area contributed by atoms with Crippen molar-refractivity contribution >= 4 is 11.6 Å². The topological polar surface area (TPSA) is 29.9 Å². The molecule has 2 aromatic rings. The molecular weight excluding hydrogens is 258 g/mol. The van der Waals surface area contributed by atoms with E-state index in [-0.39, 0.29) is 6.04 Å². The summed E-state index contributed by atoms with van der Waals surface area (Å²) < 4.78 is 2.05. The average molecular weight is 278 g/mol.